The second kappa shape index (κ2) is 6.42. The summed E-state index contributed by atoms with van der Waals surface area (Å²) < 4.78 is 11.0. The van der Waals surface area contributed by atoms with Crippen LogP contribution in [0.5, 0.6) is 0 Å². The van der Waals surface area contributed by atoms with Crippen LogP contribution in [0.3, 0.4) is 0 Å². The Morgan fingerprint density at radius 2 is 2.18 bits per heavy atom. The van der Waals surface area contributed by atoms with E-state index in [4.69, 9.17) is 9.47 Å². The van der Waals surface area contributed by atoms with Gasteiger partial charge in [0.2, 0.25) is 0 Å². The van der Waals surface area contributed by atoms with Crippen LogP contribution in [0.4, 0.5) is 0 Å². The van der Waals surface area contributed by atoms with E-state index in [1.54, 1.807) is 0 Å². The summed E-state index contributed by atoms with van der Waals surface area (Å²) in [5, 5.41) is 9.32. The zero-order chi connectivity index (χ0) is 16.4. The lowest BCUT2D eigenvalue weighted by atomic mass is 9.74. The van der Waals surface area contributed by atoms with Crippen LogP contribution in [0.2, 0.25) is 0 Å². The average molecular weight is 305 g/mol. The molecule has 1 saturated carbocycles. The Labute approximate surface area is 133 Å². The third-order valence-electron chi connectivity index (χ3n) is 5.00. The molecule has 2 aliphatic rings. The minimum absolute atomic E-state index is 0.181. The van der Waals surface area contributed by atoms with Crippen molar-refractivity contribution in [2.45, 2.75) is 64.9 Å². The van der Waals surface area contributed by atoms with E-state index in [-0.39, 0.29) is 16.6 Å². The minimum Gasteiger partial charge on any atom is -0.465 e. The molecule has 0 bridgehead atoms. The van der Waals surface area contributed by atoms with Crippen molar-refractivity contribution in [1.82, 2.24) is 0 Å². The van der Waals surface area contributed by atoms with Crippen LogP contribution < -0.4 is 0 Å². The van der Waals surface area contributed by atoms with Crippen molar-refractivity contribution >= 4 is 5.97 Å². The number of ether oxygens (including phenoxy) is 2. The summed E-state index contributed by atoms with van der Waals surface area (Å²) in [5.41, 5.74) is 1.08. The zero-order valence-electron chi connectivity index (χ0n) is 14.2. The van der Waals surface area contributed by atoms with Crippen molar-refractivity contribution in [2.75, 3.05) is 13.7 Å². The van der Waals surface area contributed by atoms with E-state index < -0.39 is 5.97 Å². The maximum Gasteiger partial charge on any atom is 0.348 e. The quantitative estimate of drug-likeness (QED) is 0.420. The molecule has 0 aromatic carbocycles. The van der Waals surface area contributed by atoms with Crippen molar-refractivity contribution in [3.63, 3.8) is 0 Å². The van der Waals surface area contributed by atoms with Crippen LogP contribution >= 0.6 is 0 Å². The Hall–Kier alpha value is -1.34. The zero-order valence-corrected chi connectivity index (χ0v) is 14.2. The maximum absolute atomic E-state index is 11.8. The second-order valence-corrected chi connectivity index (χ2v) is 7.73. The number of carbonyl (C=O) groups excluding carboxylic acids is 1. The number of nitrogens with zero attached hydrogens (tertiary/aromatic N) is 1. The van der Waals surface area contributed by atoms with E-state index in [0.717, 1.165) is 24.8 Å². The normalized spacial score (nSPS) is 33.7. The van der Waals surface area contributed by atoms with Gasteiger partial charge in [-0.3, -0.25) is 0 Å². The van der Waals surface area contributed by atoms with Crippen molar-refractivity contribution in [1.29, 1.82) is 5.26 Å². The summed E-state index contributed by atoms with van der Waals surface area (Å²) in [4.78, 5) is 11.8. The van der Waals surface area contributed by atoms with E-state index in [1.165, 1.54) is 13.5 Å². The molecule has 0 radical (unpaired) electrons. The van der Waals surface area contributed by atoms with Crippen molar-refractivity contribution in [3.8, 4) is 6.07 Å². The minimum atomic E-state index is -0.518. The molecule has 0 N–H and O–H groups in total. The van der Waals surface area contributed by atoms with Gasteiger partial charge >= 0.3 is 5.97 Å². The fraction of sp³-hybridized carbons (Fsp3) is 0.778. The number of rotatable bonds is 1. The molecule has 0 amide bonds. The van der Waals surface area contributed by atoms with Crippen molar-refractivity contribution in [2.24, 2.45) is 11.3 Å². The third kappa shape index (κ3) is 3.70. The fourth-order valence-electron chi connectivity index (χ4n) is 4.37. The second-order valence-electron chi connectivity index (χ2n) is 7.73. The first-order chi connectivity index (χ1) is 10.3. The largest absolute Gasteiger partial charge is 0.465 e. The molecule has 1 saturated heterocycles. The molecule has 1 aliphatic heterocycles. The van der Waals surface area contributed by atoms with E-state index in [0.29, 0.717) is 25.4 Å². The lowest BCUT2D eigenvalue weighted by molar-refractivity contribution is -0.135. The SMILES string of the molecule is COC(=O)/C(C#N)=C1/CCOC2(CCC(C)CC(C)(C)C2)C1. The molecule has 0 aromatic heterocycles. The first-order valence-electron chi connectivity index (χ1n) is 8.15. The van der Waals surface area contributed by atoms with Gasteiger partial charge in [0.1, 0.15) is 11.6 Å². The maximum atomic E-state index is 11.8. The number of hydrogen-bond donors (Lipinski definition) is 0. The highest BCUT2D eigenvalue weighted by atomic mass is 16.5. The summed E-state index contributed by atoms with van der Waals surface area (Å²) in [6.07, 6.45) is 5.64. The van der Waals surface area contributed by atoms with Crippen LogP contribution in [0.15, 0.2) is 11.1 Å². The van der Waals surface area contributed by atoms with Gasteiger partial charge in [-0.15, -0.1) is 0 Å². The molecule has 2 fully saturated rings. The number of nitriles is 1. The average Bonchev–Trinajstić information content (AvgIpc) is 2.55. The van der Waals surface area contributed by atoms with E-state index >= 15 is 0 Å². The topological polar surface area (TPSA) is 59.3 Å². The van der Waals surface area contributed by atoms with Gasteiger partial charge in [-0.05, 0) is 55.4 Å². The Kier molecular flexibility index (Phi) is 4.97. The Morgan fingerprint density at radius 3 is 2.82 bits per heavy atom. The van der Waals surface area contributed by atoms with E-state index in [1.807, 2.05) is 6.07 Å². The van der Waals surface area contributed by atoms with E-state index in [9.17, 15) is 10.1 Å². The Balaban J connectivity index is 2.31. The summed E-state index contributed by atoms with van der Waals surface area (Å²) in [5.74, 6) is 0.166. The van der Waals surface area contributed by atoms with Gasteiger partial charge in [-0.2, -0.15) is 5.26 Å². The Bertz CT molecular complexity index is 515. The van der Waals surface area contributed by atoms with Gasteiger partial charge in [0, 0.05) is 0 Å². The van der Waals surface area contributed by atoms with Crippen LogP contribution in [0, 0.1) is 22.7 Å². The molecule has 4 heteroatoms. The predicted octanol–water partition coefficient (Wildman–Crippen LogP) is 3.77. The summed E-state index contributed by atoms with van der Waals surface area (Å²) >= 11 is 0. The monoisotopic (exact) mass is 305 g/mol. The molecule has 2 atom stereocenters. The molecule has 1 spiro atoms. The molecule has 4 nitrogen and oxygen atoms in total. The highest BCUT2D eigenvalue weighted by molar-refractivity contribution is 5.93. The van der Waals surface area contributed by atoms with Gasteiger partial charge in [-0.25, -0.2) is 4.79 Å². The van der Waals surface area contributed by atoms with Gasteiger partial charge in [-0.1, -0.05) is 20.8 Å². The molecule has 1 heterocycles. The lowest BCUT2D eigenvalue weighted by Gasteiger charge is -2.42. The van der Waals surface area contributed by atoms with Gasteiger partial charge in [0.25, 0.3) is 0 Å². The fourth-order valence-corrected chi connectivity index (χ4v) is 4.37. The summed E-state index contributed by atoms with van der Waals surface area (Å²) in [6.45, 7) is 7.48. The lowest BCUT2D eigenvalue weighted by Crippen LogP contribution is -2.40. The molecule has 1 aliphatic carbocycles. The van der Waals surface area contributed by atoms with Gasteiger partial charge < -0.3 is 9.47 Å². The van der Waals surface area contributed by atoms with Crippen molar-refractivity contribution in [3.05, 3.63) is 11.1 Å². The first kappa shape index (κ1) is 17.0. The van der Waals surface area contributed by atoms with Crippen molar-refractivity contribution < 1.29 is 14.3 Å². The third-order valence-corrected chi connectivity index (χ3v) is 5.00. The molecule has 122 valence electrons. The van der Waals surface area contributed by atoms with Crippen LogP contribution in [0.25, 0.3) is 0 Å². The molecule has 2 rings (SSSR count). The summed E-state index contributed by atoms with van der Waals surface area (Å²) in [7, 11) is 1.33. The van der Waals surface area contributed by atoms with Crippen LogP contribution in [-0.2, 0) is 14.3 Å². The highest BCUT2D eigenvalue weighted by Crippen LogP contribution is 2.48. The van der Waals surface area contributed by atoms with E-state index in [2.05, 4.69) is 20.8 Å². The standard InChI is InChI=1S/C18H27NO3/c1-13-5-7-18(12-17(2,3)9-13)10-14(6-8-22-18)15(11-19)16(20)21-4/h13H,5-10,12H2,1-4H3/b15-14-. The number of esters is 1. The van der Waals surface area contributed by atoms with Gasteiger partial charge in [0.05, 0.1) is 19.3 Å². The summed E-state index contributed by atoms with van der Waals surface area (Å²) in [6, 6.07) is 2.04. The van der Waals surface area contributed by atoms with Gasteiger partial charge in [0.15, 0.2) is 0 Å². The molecule has 2 unspecified atom stereocenters. The molecular formula is C18H27NO3. The smallest absolute Gasteiger partial charge is 0.348 e. The number of carbonyl (C=O) groups is 1. The molecule has 0 aromatic rings. The number of hydrogen-bond acceptors (Lipinski definition) is 4. The molecular weight excluding hydrogens is 278 g/mol. The molecule has 22 heavy (non-hydrogen) atoms. The first-order valence-corrected chi connectivity index (χ1v) is 8.15. The predicted molar refractivity (Wildman–Crippen MR) is 84.0 cm³/mol. The number of methoxy groups -OCH3 is 1. The van der Waals surface area contributed by atoms with Crippen LogP contribution in [0.1, 0.15) is 59.3 Å². The highest BCUT2D eigenvalue weighted by Gasteiger charge is 2.43. The Morgan fingerprint density at radius 1 is 1.45 bits per heavy atom. The van der Waals surface area contributed by atoms with Crippen LogP contribution in [-0.4, -0.2) is 25.3 Å².